The molecule has 1 unspecified atom stereocenters. The molecular weight excluding hydrogens is 833 g/mol. The van der Waals surface area contributed by atoms with Gasteiger partial charge in [-0.2, -0.15) is 13.0 Å². The van der Waals surface area contributed by atoms with Crippen LogP contribution in [0.15, 0.2) is 70.1 Å². The van der Waals surface area contributed by atoms with Crippen LogP contribution in [0, 0.1) is 0 Å². The van der Waals surface area contributed by atoms with Crippen LogP contribution in [0.2, 0.25) is 0 Å². The molecule has 18 heteroatoms. The van der Waals surface area contributed by atoms with Crippen molar-refractivity contribution >= 4 is 43.3 Å². The van der Waals surface area contributed by atoms with Crippen LogP contribution in [0.5, 0.6) is 0 Å². The second kappa shape index (κ2) is 23.2. The Morgan fingerprint density at radius 3 is 1.89 bits per heavy atom. The highest BCUT2D eigenvalue weighted by molar-refractivity contribution is 7.86. The standard InChI is InChI=1S/C43H62N2O14S2/c1-6-44-37-16-14-33(60(48,49)50)31-35(37)42(2,3)39(44)11-10-12-40-43(4,18-20-55-23-24-57-27-28-59-30-29-58-26-25-56-22-21-54-5)36-32-34(61(51,52)53)15-17-38(36)45(40)19-9-7-8-13-41(46)47/h10-12,14-17,31-32H,6-9,13,18-30H2,1-5H3,(H2-,46,47,48,49,50,51,52,53). The molecule has 0 aliphatic carbocycles. The molecule has 2 aliphatic heterocycles. The van der Waals surface area contributed by atoms with E-state index in [1.54, 1.807) is 19.2 Å². The van der Waals surface area contributed by atoms with Gasteiger partial charge in [0, 0.05) is 67.6 Å². The SMILES string of the molecule is CCN1/C(=C/C=C/C2=[N+](CCCCCC(=O)O)c3ccc(S(=O)(=O)O)cc3C2(C)CCOCCOCCOCCOCCOCCOC)C(C)(C)c2cc(S(=O)(=O)[O-])ccc21. The number of aliphatic carboxylic acids is 1. The van der Waals surface area contributed by atoms with Crippen LogP contribution >= 0.6 is 0 Å². The van der Waals surface area contributed by atoms with Crippen molar-refractivity contribution < 1.29 is 68.8 Å². The molecule has 0 radical (unpaired) electrons. The Morgan fingerprint density at radius 1 is 0.787 bits per heavy atom. The number of methoxy groups -OCH3 is 1. The average Bonchev–Trinajstić information content (AvgIpc) is 3.56. The Labute approximate surface area is 360 Å². The van der Waals surface area contributed by atoms with Crippen LogP contribution < -0.4 is 4.90 Å². The third-order valence-electron chi connectivity index (χ3n) is 10.9. The van der Waals surface area contributed by atoms with Gasteiger partial charge >= 0.3 is 5.97 Å². The first-order valence-electron chi connectivity index (χ1n) is 20.6. The summed E-state index contributed by atoms with van der Waals surface area (Å²) in [6, 6.07) is 9.01. The van der Waals surface area contributed by atoms with Crippen LogP contribution in [0.1, 0.15) is 70.9 Å². The third kappa shape index (κ3) is 13.7. The van der Waals surface area contributed by atoms with Crippen molar-refractivity contribution in [3.8, 4) is 0 Å². The minimum absolute atomic E-state index is 0.0555. The molecule has 0 bridgehead atoms. The van der Waals surface area contributed by atoms with Gasteiger partial charge in [-0.15, -0.1) is 0 Å². The van der Waals surface area contributed by atoms with Gasteiger partial charge in [0.2, 0.25) is 5.69 Å². The molecule has 16 nitrogen and oxygen atoms in total. The fraction of sp³-hybridized carbons (Fsp3) is 0.581. The van der Waals surface area contributed by atoms with E-state index in [0.29, 0.717) is 123 Å². The van der Waals surface area contributed by atoms with Crippen molar-refractivity contribution in [2.24, 2.45) is 0 Å². The Balaban J connectivity index is 1.51. The van der Waals surface area contributed by atoms with Crippen molar-refractivity contribution in [3.05, 3.63) is 71.5 Å². The maximum Gasteiger partial charge on any atom is 0.303 e. The lowest BCUT2D eigenvalue weighted by molar-refractivity contribution is -0.438. The number of benzene rings is 2. The first kappa shape index (κ1) is 50.1. The molecule has 1 atom stereocenters. The monoisotopic (exact) mass is 894 g/mol. The smallest absolute Gasteiger partial charge is 0.303 e. The number of hydrogen-bond acceptors (Lipinski definition) is 13. The number of ether oxygens (including phenoxy) is 6. The molecule has 2 aliphatic rings. The lowest BCUT2D eigenvalue weighted by atomic mass is 9.76. The van der Waals surface area contributed by atoms with Crippen molar-refractivity contribution in [2.75, 3.05) is 97.8 Å². The molecular formula is C43H62N2O14S2. The predicted octanol–water partition coefficient (Wildman–Crippen LogP) is 5.22. The van der Waals surface area contributed by atoms with Crippen LogP contribution in [0.3, 0.4) is 0 Å². The van der Waals surface area contributed by atoms with E-state index in [1.165, 1.54) is 24.3 Å². The van der Waals surface area contributed by atoms with Gasteiger partial charge in [0.15, 0.2) is 5.71 Å². The van der Waals surface area contributed by atoms with E-state index in [9.17, 15) is 35.8 Å². The number of likely N-dealkylation sites (N-methyl/N-ethyl adjacent to an activating group) is 1. The Hall–Kier alpha value is -3.56. The van der Waals surface area contributed by atoms with E-state index < -0.39 is 37.0 Å². The highest BCUT2D eigenvalue weighted by Gasteiger charge is 2.48. The van der Waals surface area contributed by atoms with E-state index in [1.807, 2.05) is 45.9 Å². The lowest BCUT2D eigenvalue weighted by Crippen LogP contribution is -2.33. The fourth-order valence-corrected chi connectivity index (χ4v) is 8.70. The molecule has 0 saturated carbocycles. The second-order valence-electron chi connectivity index (χ2n) is 15.4. The van der Waals surface area contributed by atoms with Gasteiger partial charge in [-0.05, 0) is 75.1 Å². The van der Waals surface area contributed by atoms with Crippen LogP contribution in [0.25, 0.3) is 0 Å². The Bertz CT molecular complexity index is 2100. The number of hydrogen-bond donors (Lipinski definition) is 2. The van der Waals surface area contributed by atoms with Crippen molar-refractivity contribution in [1.82, 2.24) is 0 Å². The number of unbranched alkanes of at least 4 members (excludes halogenated alkanes) is 2. The number of allylic oxidation sites excluding steroid dienone is 4. The van der Waals surface area contributed by atoms with Gasteiger partial charge in [0.25, 0.3) is 10.1 Å². The fourth-order valence-electron chi connectivity index (χ4n) is 7.70. The number of carboxylic acid groups (broad SMARTS) is 1. The third-order valence-corrected chi connectivity index (χ3v) is 12.6. The second-order valence-corrected chi connectivity index (χ2v) is 18.2. The zero-order valence-corrected chi connectivity index (χ0v) is 37.6. The molecule has 2 aromatic carbocycles. The topological polar surface area (TPSA) is 210 Å². The van der Waals surface area contributed by atoms with Gasteiger partial charge < -0.3 is 43.0 Å². The van der Waals surface area contributed by atoms with Gasteiger partial charge in [0.1, 0.15) is 16.7 Å². The minimum atomic E-state index is -4.67. The molecule has 0 saturated heterocycles. The minimum Gasteiger partial charge on any atom is -0.744 e. The van der Waals surface area contributed by atoms with E-state index in [2.05, 4.69) is 9.48 Å². The molecule has 2 N–H and O–H groups in total. The molecule has 340 valence electrons. The largest absolute Gasteiger partial charge is 0.744 e. The number of carboxylic acids is 1. The van der Waals surface area contributed by atoms with Crippen LogP contribution in [-0.2, 0) is 64.3 Å². The van der Waals surface area contributed by atoms with Gasteiger partial charge in [0.05, 0.1) is 81.3 Å². The van der Waals surface area contributed by atoms with Gasteiger partial charge in [-0.25, -0.2) is 8.42 Å². The first-order chi connectivity index (χ1) is 29.0. The first-order valence-corrected chi connectivity index (χ1v) is 23.4. The lowest BCUT2D eigenvalue weighted by Gasteiger charge is -2.26. The summed E-state index contributed by atoms with van der Waals surface area (Å²) in [4.78, 5) is 12.8. The summed E-state index contributed by atoms with van der Waals surface area (Å²) in [5, 5.41) is 9.19. The zero-order chi connectivity index (χ0) is 44.7. The Kier molecular flexibility index (Phi) is 19.1. The van der Waals surface area contributed by atoms with Gasteiger partial charge in [-0.1, -0.05) is 19.9 Å². The molecule has 2 heterocycles. The highest BCUT2D eigenvalue weighted by Crippen LogP contribution is 2.49. The number of fused-ring (bicyclic) bond motifs is 2. The summed E-state index contributed by atoms with van der Waals surface area (Å²) in [6.45, 7) is 13.6. The summed E-state index contributed by atoms with van der Waals surface area (Å²) in [7, 11) is -7.58. The molecule has 2 aromatic rings. The van der Waals surface area contributed by atoms with Crippen LogP contribution in [-0.4, -0.2) is 140 Å². The molecule has 0 fully saturated rings. The highest BCUT2D eigenvalue weighted by atomic mass is 32.2. The van der Waals surface area contributed by atoms with Crippen molar-refractivity contribution in [2.45, 2.75) is 80.4 Å². The van der Waals surface area contributed by atoms with E-state index in [-0.39, 0.29) is 16.2 Å². The van der Waals surface area contributed by atoms with Crippen LogP contribution in [0.4, 0.5) is 11.4 Å². The van der Waals surface area contributed by atoms with Gasteiger partial charge in [-0.3, -0.25) is 9.35 Å². The number of nitrogens with zero attached hydrogens (tertiary/aromatic N) is 2. The molecule has 4 rings (SSSR count). The summed E-state index contributed by atoms with van der Waals surface area (Å²) < 4.78 is 106. The molecule has 0 spiro atoms. The van der Waals surface area contributed by atoms with E-state index in [0.717, 1.165) is 22.8 Å². The summed E-state index contributed by atoms with van der Waals surface area (Å²) >= 11 is 0. The molecule has 61 heavy (non-hydrogen) atoms. The maximum absolute atomic E-state index is 12.4. The average molecular weight is 895 g/mol. The zero-order valence-electron chi connectivity index (χ0n) is 35.9. The molecule has 0 amide bonds. The number of carbonyl (C=O) groups is 1. The van der Waals surface area contributed by atoms with Crippen molar-refractivity contribution in [3.63, 3.8) is 0 Å². The predicted molar refractivity (Wildman–Crippen MR) is 228 cm³/mol. The summed E-state index contributed by atoms with van der Waals surface area (Å²) in [5.41, 5.74) is 3.25. The molecule has 0 aromatic heterocycles. The quantitative estimate of drug-likeness (QED) is 0.0610. The summed E-state index contributed by atoms with van der Waals surface area (Å²) in [5.74, 6) is -0.861. The maximum atomic E-state index is 12.4. The normalized spacial score (nSPS) is 18.1. The number of anilines is 1. The Morgan fingerprint density at radius 2 is 1.34 bits per heavy atom. The summed E-state index contributed by atoms with van der Waals surface area (Å²) in [6.07, 6.45) is 8.17. The number of rotatable bonds is 29. The van der Waals surface area contributed by atoms with E-state index >= 15 is 0 Å². The van der Waals surface area contributed by atoms with Crippen molar-refractivity contribution in [1.29, 1.82) is 0 Å². The van der Waals surface area contributed by atoms with E-state index in [4.69, 9.17) is 28.4 Å².